The van der Waals surface area contributed by atoms with E-state index in [1.807, 2.05) is 48.5 Å². The summed E-state index contributed by atoms with van der Waals surface area (Å²) in [6.07, 6.45) is -0.427. The van der Waals surface area contributed by atoms with E-state index >= 15 is 0 Å². The first-order valence-electron chi connectivity index (χ1n) is 10.7. The molecule has 0 radical (unpaired) electrons. The first-order valence-corrected chi connectivity index (χ1v) is 11.5. The Morgan fingerprint density at radius 3 is 2.09 bits per heavy atom. The van der Waals surface area contributed by atoms with Crippen molar-refractivity contribution in [2.75, 3.05) is 26.3 Å². The lowest BCUT2D eigenvalue weighted by Gasteiger charge is -2.49. The summed E-state index contributed by atoms with van der Waals surface area (Å²) in [6.45, 7) is 0.274. The Labute approximate surface area is 199 Å². The number of halogens is 1. The van der Waals surface area contributed by atoms with Crippen molar-refractivity contribution in [1.29, 1.82) is 0 Å². The van der Waals surface area contributed by atoms with E-state index in [1.165, 1.54) is 11.1 Å². The highest BCUT2D eigenvalue weighted by molar-refractivity contribution is 9.10. The standard InChI is InChI=1S/C26H22BrNO5/c27-18-11-9-17(10-12-18)26(33-14-24(29)30)15-28(16-26)25(31)32-13-23-21-7-3-1-5-19(21)20-6-2-4-8-22(20)23/h1-12,23H,13-16H2,(H,29,30). The van der Waals surface area contributed by atoms with Crippen LogP contribution in [0.5, 0.6) is 0 Å². The maximum absolute atomic E-state index is 12.8. The van der Waals surface area contributed by atoms with Gasteiger partial charge in [0.1, 0.15) is 18.8 Å². The fraction of sp³-hybridized carbons (Fsp3) is 0.231. The molecule has 6 nitrogen and oxygen atoms in total. The van der Waals surface area contributed by atoms with Gasteiger partial charge < -0.3 is 19.5 Å². The predicted molar refractivity (Wildman–Crippen MR) is 126 cm³/mol. The minimum Gasteiger partial charge on any atom is -0.480 e. The molecule has 0 bridgehead atoms. The molecular weight excluding hydrogens is 486 g/mol. The first kappa shape index (κ1) is 21.7. The molecule has 1 fully saturated rings. The highest BCUT2D eigenvalue weighted by atomic mass is 79.9. The number of benzene rings is 3. The van der Waals surface area contributed by atoms with Gasteiger partial charge in [-0.05, 0) is 39.9 Å². The number of carbonyl (C=O) groups excluding carboxylic acids is 1. The predicted octanol–water partition coefficient (Wildman–Crippen LogP) is 5.01. The van der Waals surface area contributed by atoms with Gasteiger partial charge in [-0.15, -0.1) is 0 Å². The summed E-state index contributed by atoms with van der Waals surface area (Å²) in [5, 5.41) is 9.09. The lowest BCUT2D eigenvalue weighted by molar-refractivity contribution is -0.168. The third-order valence-electron chi connectivity index (χ3n) is 6.33. The summed E-state index contributed by atoms with van der Waals surface area (Å²) in [5.74, 6) is -1.06. The number of carboxylic acid groups (broad SMARTS) is 1. The Morgan fingerprint density at radius 1 is 0.939 bits per heavy atom. The molecule has 168 valence electrons. The number of amides is 1. The largest absolute Gasteiger partial charge is 0.480 e. The lowest BCUT2D eigenvalue weighted by atomic mass is 9.86. The molecule has 0 saturated carbocycles. The molecule has 7 heteroatoms. The van der Waals surface area contributed by atoms with Gasteiger partial charge in [0.15, 0.2) is 0 Å². The average molecular weight is 508 g/mol. The molecule has 1 saturated heterocycles. The van der Waals surface area contributed by atoms with Crippen LogP contribution in [-0.4, -0.2) is 48.4 Å². The molecule has 3 aromatic rings. The van der Waals surface area contributed by atoms with Gasteiger partial charge in [-0.1, -0.05) is 76.6 Å². The van der Waals surface area contributed by atoms with Crippen LogP contribution in [0.4, 0.5) is 4.79 Å². The van der Waals surface area contributed by atoms with Crippen molar-refractivity contribution in [3.63, 3.8) is 0 Å². The number of aliphatic carboxylic acids is 1. The van der Waals surface area contributed by atoms with Gasteiger partial charge in [-0.25, -0.2) is 9.59 Å². The van der Waals surface area contributed by atoms with E-state index in [0.29, 0.717) is 0 Å². The number of nitrogens with zero attached hydrogens (tertiary/aromatic N) is 1. The summed E-state index contributed by atoms with van der Waals surface area (Å²) in [4.78, 5) is 25.5. The fourth-order valence-electron chi connectivity index (χ4n) is 4.70. The summed E-state index contributed by atoms with van der Waals surface area (Å²) in [7, 11) is 0. The zero-order valence-electron chi connectivity index (χ0n) is 17.7. The maximum Gasteiger partial charge on any atom is 0.410 e. The van der Waals surface area contributed by atoms with Crippen molar-refractivity contribution in [3.05, 3.63) is 94.0 Å². The van der Waals surface area contributed by atoms with Gasteiger partial charge in [0.25, 0.3) is 0 Å². The van der Waals surface area contributed by atoms with Gasteiger partial charge in [0, 0.05) is 10.4 Å². The Morgan fingerprint density at radius 2 is 1.52 bits per heavy atom. The van der Waals surface area contributed by atoms with Gasteiger partial charge in [0.05, 0.1) is 13.1 Å². The van der Waals surface area contributed by atoms with Gasteiger partial charge >= 0.3 is 12.1 Å². The van der Waals surface area contributed by atoms with Crippen LogP contribution in [0.15, 0.2) is 77.3 Å². The number of carbonyl (C=O) groups is 2. The van der Waals surface area contributed by atoms with Crippen LogP contribution >= 0.6 is 15.9 Å². The quantitative estimate of drug-likeness (QED) is 0.507. The Kier molecular flexibility index (Phi) is 5.68. The molecule has 0 aromatic heterocycles. The highest BCUT2D eigenvalue weighted by Crippen LogP contribution is 2.45. The smallest absolute Gasteiger partial charge is 0.410 e. The zero-order chi connectivity index (χ0) is 23.0. The van der Waals surface area contributed by atoms with Crippen molar-refractivity contribution < 1.29 is 24.2 Å². The second-order valence-electron chi connectivity index (χ2n) is 8.34. The molecule has 1 heterocycles. The number of fused-ring (bicyclic) bond motifs is 3. The minimum absolute atomic E-state index is 0.0119. The number of hydrogen-bond acceptors (Lipinski definition) is 4. The molecule has 5 rings (SSSR count). The van der Waals surface area contributed by atoms with Crippen LogP contribution < -0.4 is 0 Å². The number of likely N-dealkylation sites (tertiary alicyclic amines) is 1. The summed E-state index contributed by atoms with van der Waals surface area (Å²) < 4.78 is 12.4. The Hall–Kier alpha value is -3.16. The van der Waals surface area contributed by atoms with E-state index in [1.54, 1.807) is 4.90 Å². The molecule has 1 aliphatic heterocycles. The second kappa shape index (κ2) is 8.65. The zero-order valence-corrected chi connectivity index (χ0v) is 19.3. The van der Waals surface area contributed by atoms with Crippen LogP contribution in [0.1, 0.15) is 22.6 Å². The lowest BCUT2D eigenvalue weighted by Crippen LogP contribution is -2.63. The third-order valence-corrected chi connectivity index (χ3v) is 6.86. The number of hydrogen-bond donors (Lipinski definition) is 1. The van der Waals surface area contributed by atoms with Crippen LogP contribution in [0.2, 0.25) is 0 Å². The number of carboxylic acids is 1. The molecular formula is C26H22BrNO5. The van der Waals surface area contributed by atoms with Crippen LogP contribution in [0.25, 0.3) is 11.1 Å². The maximum atomic E-state index is 12.8. The van der Waals surface area contributed by atoms with Gasteiger partial charge in [-0.3, -0.25) is 0 Å². The molecule has 33 heavy (non-hydrogen) atoms. The van der Waals surface area contributed by atoms with E-state index in [2.05, 4.69) is 40.2 Å². The topological polar surface area (TPSA) is 76.1 Å². The molecule has 1 amide bonds. The van der Waals surface area contributed by atoms with Gasteiger partial charge in [-0.2, -0.15) is 0 Å². The summed E-state index contributed by atoms with van der Waals surface area (Å²) in [5.41, 5.74) is 4.64. The normalized spacial score (nSPS) is 16.0. The van der Waals surface area contributed by atoms with Crippen molar-refractivity contribution in [2.24, 2.45) is 0 Å². The van der Waals surface area contributed by atoms with Crippen molar-refractivity contribution in [2.45, 2.75) is 11.5 Å². The average Bonchev–Trinajstić information content (AvgIpc) is 3.11. The molecule has 1 aliphatic carbocycles. The van der Waals surface area contributed by atoms with Crippen LogP contribution in [0, 0.1) is 0 Å². The minimum atomic E-state index is -1.05. The Balaban J connectivity index is 1.28. The van der Waals surface area contributed by atoms with E-state index in [0.717, 1.165) is 21.2 Å². The van der Waals surface area contributed by atoms with Crippen LogP contribution in [-0.2, 0) is 19.9 Å². The van der Waals surface area contributed by atoms with Crippen LogP contribution in [0.3, 0.4) is 0 Å². The molecule has 1 N–H and O–H groups in total. The first-order chi connectivity index (χ1) is 16.0. The fourth-order valence-corrected chi connectivity index (χ4v) is 4.96. The van der Waals surface area contributed by atoms with E-state index in [4.69, 9.17) is 14.6 Å². The van der Waals surface area contributed by atoms with Gasteiger partial charge in [0.2, 0.25) is 0 Å². The van der Waals surface area contributed by atoms with Crippen molar-refractivity contribution >= 4 is 28.0 Å². The summed E-state index contributed by atoms with van der Waals surface area (Å²) in [6, 6.07) is 23.9. The highest BCUT2D eigenvalue weighted by Gasteiger charge is 2.49. The van der Waals surface area contributed by atoms with E-state index in [9.17, 15) is 9.59 Å². The second-order valence-corrected chi connectivity index (χ2v) is 9.26. The SMILES string of the molecule is O=C(O)COC1(c2ccc(Br)cc2)CN(C(=O)OCC2c3ccccc3-c3ccccc32)C1. The third kappa shape index (κ3) is 4.03. The molecule has 2 aliphatic rings. The molecule has 0 unspecified atom stereocenters. The molecule has 0 atom stereocenters. The monoisotopic (exact) mass is 507 g/mol. The van der Waals surface area contributed by atoms with Crippen molar-refractivity contribution in [1.82, 2.24) is 4.90 Å². The summed E-state index contributed by atoms with van der Waals surface area (Å²) >= 11 is 3.41. The Bertz CT molecular complexity index is 1160. The number of rotatable bonds is 6. The number of ether oxygens (including phenoxy) is 2. The van der Waals surface area contributed by atoms with E-state index < -0.39 is 24.3 Å². The molecule has 0 spiro atoms. The van der Waals surface area contributed by atoms with Crippen molar-refractivity contribution in [3.8, 4) is 11.1 Å². The van der Waals surface area contributed by atoms with E-state index in [-0.39, 0.29) is 25.6 Å². The molecule has 3 aromatic carbocycles.